The molecule has 1 aliphatic rings. The van der Waals surface area contributed by atoms with E-state index >= 15 is 0 Å². The van der Waals surface area contributed by atoms with Crippen LogP contribution in [0.15, 0.2) is 18.3 Å². The summed E-state index contributed by atoms with van der Waals surface area (Å²) in [4.78, 5) is 18.0. The summed E-state index contributed by atoms with van der Waals surface area (Å²) in [5.74, 6) is 0.123. The van der Waals surface area contributed by atoms with Crippen LogP contribution in [0.5, 0.6) is 0 Å². The van der Waals surface area contributed by atoms with Crippen molar-refractivity contribution in [3.63, 3.8) is 0 Å². The Hall–Kier alpha value is -1.83. The number of alkyl halides is 3. The van der Waals surface area contributed by atoms with Gasteiger partial charge in [0.05, 0.1) is 18.8 Å². The summed E-state index contributed by atoms with van der Waals surface area (Å²) in [7, 11) is 0. The third-order valence-corrected chi connectivity index (χ3v) is 3.65. The van der Waals surface area contributed by atoms with Gasteiger partial charge in [-0.25, -0.2) is 4.98 Å². The van der Waals surface area contributed by atoms with E-state index in [-0.39, 0.29) is 17.6 Å². The number of carbonyl (C=O) groups excluding carboxylic acids is 1. The molecule has 2 rings (SSSR count). The van der Waals surface area contributed by atoms with Crippen molar-refractivity contribution >= 4 is 11.7 Å². The van der Waals surface area contributed by atoms with Crippen molar-refractivity contribution in [1.82, 2.24) is 9.88 Å². The maximum Gasteiger partial charge on any atom is 0.417 e. The second-order valence-corrected chi connectivity index (χ2v) is 5.73. The predicted molar refractivity (Wildman–Crippen MR) is 78.9 cm³/mol. The standard InChI is InChI=1S/C15H20F3N3O2/c1-10(2)13(14(22)21-5-7-23-8-6-21)20-12-4-3-11(9-19-12)15(16,17)18/h3-4,9-10,13H,5-8H2,1-2H3,(H,19,20). The average molecular weight is 331 g/mol. The monoisotopic (exact) mass is 331 g/mol. The van der Waals surface area contributed by atoms with Crippen molar-refractivity contribution in [3.05, 3.63) is 23.9 Å². The molecule has 1 fully saturated rings. The van der Waals surface area contributed by atoms with E-state index in [1.807, 2.05) is 13.8 Å². The summed E-state index contributed by atoms with van der Waals surface area (Å²) in [5.41, 5.74) is -0.816. The first-order chi connectivity index (χ1) is 10.8. The third kappa shape index (κ3) is 4.57. The average Bonchev–Trinajstić information content (AvgIpc) is 2.52. The Morgan fingerprint density at radius 2 is 1.96 bits per heavy atom. The minimum atomic E-state index is -4.42. The van der Waals surface area contributed by atoms with Crippen LogP contribution in [0.4, 0.5) is 19.0 Å². The Labute approximate surface area is 132 Å². The lowest BCUT2D eigenvalue weighted by molar-refractivity contribution is -0.138. The van der Waals surface area contributed by atoms with Crippen molar-refractivity contribution < 1.29 is 22.7 Å². The zero-order valence-corrected chi connectivity index (χ0v) is 13.1. The molecular formula is C15H20F3N3O2. The summed E-state index contributed by atoms with van der Waals surface area (Å²) in [6.07, 6.45) is -3.66. The van der Waals surface area contributed by atoms with Crippen LogP contribution in [0.25, 0.3) is 0 Å². The predicted octanol–water partition coefficient (Wildman–Crippen LogP) is 2.40. The number of carbonyl (C=O) groups is 1. The Bertz CT molecular complexity index is 526. The Morgan fingerprint density at radius 1 is 1.30 bits per heavy atom. The molecule has 8 heteroatoms. The van der Waals surface area contributed by atoms with Crippen molar-refractivity contribution in [2.45, 2.75) is 26.1 Å². The lowest BCUT2D eigenvalue weighted by Crippen LogP contribution is -2.49. The van der Waals surface area contributed by atoms with Crippen molar-refractivity contribution in [2.24, 2.45) is 5.92 Å². The number of halogens is 3. The zero-order valence-electron chi connectivity index (χ0n) is 13.1. The summed E-state index contributed by atoms with van der Waals surface area (Å²) < 4.78 is 42.9. The van der Waals surface area contributed by atoms with Crippen LogP contribution in [0, 0.1) is 5.92 Å². The fourth-order valence-corrected chi connectivity index (χ4v) is 2.30. The molecule has 5 nitrogen and oxygen atoms in total. The molecule has 1 saturated heterocycles. The van der Waals surface area contributed by atoms with Crippen LogP contribution in [0.1, 0.15) is 19.4 Å². The van der Waals surface area contributed by atoms with Crippen LogP contribution in [0.3, 0.4) is 0 Å². The molecule has 2 heterocycles. The normalized spacial score (nSPS) is 17.2. The summed E-state index contributed by atoms with van der Waals surface area (Å²) >= 11 is 0. The van der Waals surface area contributed by atoms with Crippen LogP contribution in [-0.2, 0) is 15.7 Å². The molecule has 0 bridgehead atoms. The Morgan fingerprint density at radius 3 is 2.43 bits per heavy atom. The van der Waals surface area contributed by atoms with Crippen LogP contribution in [-0.4, -0.2) is 48.1 Å². The highest BCUT2D eigenvalue weighted by Gasteiger charge is 2.31. The van der Waals surface area contributed by atoms with Gasteiger partial charge >= 0.3 is 6.18 Å². The van der Waals surface area contributed by atoms with Gasteiger partial charge in [-0.05, 0) is 18.1 Å². The lowest BCUT2D eigenvalue weighted by Gasteiger charge is -2.32. The number of nitrogens with one attached hydrogen (secondary N) is 1. The van der Waals surface area contributed by atoms with Crippen LogP contribution in [0.2, 0.25) is 0 Å². The van der Waals surface area contributed by atoms with Crippen molar-refractivity contribution in [1.29, 1.82) is 0 Å². The second kappa shape index (κ2) is 7.16. The molecule has 1 unspecified atom stereocenters. The molecule has 0 aliphatic carbocycles. The number of aromatic nitrogens is 1. The van der Waals surface area contributed by atoms with Gasteiger partial charge in [0, 0.05) is 19.3 Å². The number of ether oxygens (including phenoxy) is 1. The number of nitrogens with zero attached hydrogens (tertiary/aromatic N) is 2. The first-order valence-electron chi connectivity index (χ1n) is 7.45. The fourth-order valence-electron chi connectivity index (χ4n) is 2.30. The maximum atomic E-state index is 12.6. The third-order valence-electron chi connectivity index (χ3n) is 3.65. The smallest absolute Gasteiger partial charge is 0.378 e. The van der Waals surface area contributed by atoms with Gasteiger partial charge in [-0.1, -0.05) is 13.8 Å². The first-order valence-corrected chi connectivity index (χ1v) is 7.45. The number of anilines is 1. The molecular weight excluding hydrogens is 311 g/mol. The molecule has 0 aromatic carbocycles. The molecule has 1 aliphatic heterocycles. The molecule has 23 heavy (non-hydrogen) atoms. The van der Waals surface area contributed by atoms with E-state index in [9.17, 15) is 18.0 Å². The van der Waals surface area contributed by atoms with Gasteiger partial charge in [-0.3, -0.25) is 4.79 Å². The molecule has 1 aromatic heterocycles. The fraction of sp³-hybridized carbons (Fsp3) is 0.600. The van der Waals surface area contributed by atoms with E-state index in [1.165, 1.54) is 6.07 Å². The highest BCUT2D eigenvalue weighted by Crippen LogP contribution is 2.29. The van der Waals surface area contributed by atoms with Crippen molar-refractivity contribution in [2.75, 3.05) is 31.6 Å². The van der Waals surface area contributed by atoms with E-state index in [0.29, 0.717) is 26.3 Å². The number of hydrogen-bond donors (Lipinski definition) is 1. The lowest BCUT2D eigenvalue weighted by atomic mass is 10.0. The summed E-state index contributed by atoms with van der Waals surface area (Å²) in [6, 6.07) is 1.65. The zero-order chi connectivity index (χ0) is 17.0. The van der Waals surface area contributed by atoms with Gasteiger partial charge in [0.15, 0.2) is 0 Å². The topological polar surface area (TPSA) is 54.5 Å². The van der Waals surface area contributed by atoms with Gasteiger partial charge < -0.3 is 15.0 Å². The molecule has 1 aromatic rings. The van der Waals surface area contributed by atoms with Crippen molar-refractivity contribution in [3.8, 4) is 0 Å². The highest BCUT2D eigenvalue weighted by atomic mass is 19.4. The van der Waals surface area contributed by atoms with Gasteiger partial charge in [0.25, 0.3) is 0 Å². The molecule has 0 spiro atoms. The van der Waals surface area contributed by atoms with Crippen LogP contribution >= 0.6 is 0 Å². The Kier molecular flexibility index (Phi) is 5.46. The Balaban J connectivity index is 2.08. The minimum absolute atomic E-state index is 0.0329. The van der Waals surface area contributed by atoms with Gasteiger partial charge in [0.2, 0.25) is 5.91 Å². The molecule has 0 radical (unpaired) electrons. The largest absolute Gasteiger partial charge is 0.417 e. The highest BCUT2D eigenvalue weighted by molar-refractivity contribution is 5.84. The van der Waals surface area contributed by atoms with E-state index in [1.54, 1.807) is 4.90 Å². The number of pyridine rings is 1. The SMILES string of the molecule is CC(C)C(Nc1ccc(C(F)(F)F)cn1)C(=O)N1CCOCC1. The van der Waals surface area contributed by atoms with E-state index < -0.39 is 17.8 Å². The minimum Gasteiger partial charge on any atom is -0.378 e. The quantitative estimate of drug-likeness (QED) is 0.920. The second-order valence-electron chi connectivity index (χ2n) is 5.73. The first kappa shape index (κ1) is 17.5. The molecule has 1 amide bonds. The number of amides is 1. The number of hydrogen-bond acceptors (Lipinski definition) is 4. The maximum absolute atomic E-state index is 12.6. The number of rotatable bonds is 4. The number of morpholine rings is 1. The van der Waals surface area contributed by atoms with E-state index in [4.69, 9.17) is 4.74 Å². The summed E-state index contributed by atoms with van der Waals surface area (Å²) in [6.45, 7) is 5.78. The van der Waals surface area contributed by atoms with Gasteiger partial charge in [-0.15, -0.1) is 0 Å². The molecule has 128 valence electrons. The summed E-state index contributed by atoms with van der Waals surface area (Å²) in [5, 5.41) is 2.94. The van der Waals surface area contributed by atoms with E-state index in [2.05, 4.69) is 10.3 Å². The molecule has 0 saturated carbocycles. The van der Waals surface area contributed by atoms with Gasteiger partial charge in [0.1, 0.15) is 11.9 Å². The van der Waals surface area contributed by atoms with Crippen LogP contribution < -0.4 is 5.32 Å². The van der Waals surface area contributed by atoms with E-state index in [0.717, 1.165) is 12.3 Å². The van der Waals surface area contributed by atoms with Gasteiger partial charge in [-0.2, -0.15) is 13.2 Å². The molecule has 1 atom stereocenters. The molecule has 1 N–H and O–H groups in total.